The standard InChI is InChI=1S/C13H20N2O3/c16-11-7-13(3-1-2-4-13)12(17)15(11)8-10-9-18-6-5-14-10/h10,14H,1-9H2. The van der Waals surface area contributed by atoms with Crippen LogP contribution in [0.2, 0.25) is 0 Å². The van der Waals surface area contributed by atoms with Crippen LogP contribution in [0.4, 0.5) is 0 Å². The number of carbonyl (C=O) groups is 2. The van der Waals surface area contributed by atoms with Crippen LogP contribution >= 0.6 is 0 Å². The summed E-state index contributed by atoms with van der Waals surface area (Å²) in [5.41, 5.74) is -0.341. The summed E-state index contributed by atoms with van der Waals surface area (Å²) >= 11 is 0. The summed E-state index contributed by atoms with van der Waals surface area (Å²) in [5.74, 6) is 0.0756. The average Bonchev–Trinajstić information content (AvgIpc) is 2.93. The molecule has 1 N–H and O–H groups in total. The molecule has 18 heavy (non-hydrogen) atoms. The highest BCUT2D eigenvalue weighted by atomic mass is 16.5. The summed E-state index contributed by atoms with van der Waals surface area (Å²) < 4.78 is 5.37. The van der Waals surface area contributed by atoms with Crippen LogP contribution in [0.1, 0.15) is 32.1 Å². The third-order valence-electron chi connectivity index (χ3n) is 4.45. The number of rotatable bonds is 2. The van der Waals surface area contributed by atoms with E-state index >= 15 is 0 Å². The first-order valence-electron chi connectivity index (χ1n) is 6.87. The normalized spacial score (nSPS) is 31.6. The molecule has 5 nitrogen and oxygen atoms in total. The summed E-state index contributed by atoms with van der Waals surface area (Å²) in [6, 6.07) is 0.100. The second-order valence-electron chi connectivity index (χ2n) is 5.70. The van der Waals surface area contributed by atoms with Crippen molar-refractivity contribution in [1.82, 2.24) is 10.2 Å². The Bertz CT molecular complexity index is 357. The number of hydrogen-bond donors (Lipinski definition) is 1. The van der Waals surface area contributed by atoms with Crippen LogP contribution in [0.3, 0.4) is 0 Å². The smallest absolute Gasteiger partial charge is 0.235 e. The Morgan fingerprint density at radius 1 is 1.33 bits per heavy atom. The van der Waals surface area contributed by atoms with Crippen molar-refractivity contribution in [2.24, 2.45) is 5.41 Å². The number of ether oxygens (including phenoxy) is 1. The molecule has 0 aromatic heterocycles. The lowest BCUT2D eigenvalue weighted by atomic mass is 9.84. The van der Waals surface area contributed by atoms with Crippen LogP contribution in [-0.4, -0.2) is 49.1 Å². The highest BCUT2D eigenvalue weighted by Crippen LogP contribution is 2.46. The minimum atomic E-state index is -0.341. The van der Waals surface area contributed by atoms with Crippen LogP contribution in [-0.2, 0) is 14.3 Å². The Morgan fingerprint density at radius 2 is 2.11 bits per heavy atom. The quantitative estimate of drug-likeness (QED) is 0.718. The Labute approximate surface area is 107 Å². The first-order chi connectivity index (χ1) is 8.71. The zero-order chi connectivity index (χ0) is 12.6. The molecule has 0 aromatic carbocycles. The SMILES string of the molecule is O=C1CC2(CCCC2)C(=O)N1CC1COCCN1. The fourth-order valence-electron chi connectivity index (χ4n) is 3.44. The maximum Gasteiger partial charge on any atom is 0.235 e. The molecule has 2 heterocycles. The van der Waals surface area contributed by atoms with Gasteiger partial charge < -0.3 is 10.1 Å². The maximum atomic E-state index is 12.5. The van der Waals surface area contributed by atoms with E-state index in [2.05, 4.69) is 5.32 Å². The first-order valence-corrected chi connectivity index (χ1v) is 6.87. The maximum absolute atomic E-state index is 12.5. The highest BCUT2D eigenvalue weighted by molar-refractivity contribution is 6.06. The van der Waals surface area contributed by atoms with Crippen molar-refractivity contribution in [2.45, 2.75) is 38.1 Å². The second kappa shape index (κ2) is 4.63. The van der Waals surface area contributed by atoms with Gasteiger partial charge in [0.25, 0.3) is 0 Å². The Hall–Kier alpha value is -0.940. The molecule has 100 valence electrons. The largest absolute Gasteiger partial charge is 0.378 e. The van der Waals surface area contributed by atoms with Crippen molar-refractivity contribution < 1.29 is 14.3 Å². The number of nitrogens with zero attached hydrogens (tertiary/aromatic N) is 1. The number of likely N-dealkylation sites (tertiary alicyclic amines) is 1. The molecule has 5 heteroatoms. The van der Waals surface area contributed by atoms with E-state index in [1.54, 1.807) is 0 Å². The summed E-state index contributed by atoms with van der Waals surface area (Å²) in [4.78, 5) is 26.0. The van der Waals surface area contributed by atoms with Crippen LogP contribution in [0.25, 0.3) is 0 Å². The molecule has 3 fully saturated rings. The molecule has 1 atom stereocenters. The Balaban J connectivity index is 1.68. The van der Waals surface area contributed by atoms with Crippen molar-refractivity contribution in [3.05, 3.63) is 0 Å². The minimum absolute atomic E-state index is 0.00859. The zero-order valence-electron chi connectivity index (χ0n) is 10.6. The topological polar surface area (TPSA) is 58.6 Å². The summed E-state index contributed by atoms with van der Waals surface area (Å²) in [6.45, 7) is 2.57. The molecule has 0 aromatic rings. The van der Waals surface area contributed by atoms with E-state index in [4.69, 9.17) is 4.74 Å². The van der Waals surface area contributed by atoms with Gasteiger partial charge in [0.2, 0.25) is 11.8 Å². The molecule has 2 amide bonds. The molecule has 1 spiro atoms. The van der Waals surface area contributed by atoms with Gasteiger partial charge in [0.1, 0.15) is 0 Å². The van der Waals surface area contributed by atoms with Gasteiger partial charge in [0.05, 0.1) is 18.6 Å². The van der Waals surface area contributed by atoms with Gasteiger partial charge in [-0.2, -0.15) is 0 Å². The van der Waals surface area contributed by atoms with Gasteiger partial charge in [0, 0.05) is 25.6 Å². The van der Waals surface area contributed by atoms with Crippen LogP contribution < -0.4 is 5.32 Å². The summed E-state index contributed by atoms with van der Waals surface area (Å²) in [6.07, 6.45) is 4.38. The molecule has 1 saturated carbocycles. The van der Waals surface area contributed by atoms with Gasteiger partial charge in [-0.1, -0.05) is 12.8 Å². The van der Waals surface area contributed by atoms with Gasteiger partial charge in [-0.05, 0) is 12.8 Å². The monoisotopic (exact) mass is 252 g/mol. The number of imide groups is 1. The average molecular weight is 252 g/mol. The third-order valence-corrected chi connectivity index (χ3v) is 4.45. The number of hydrogen-bond acceptors (Lipinski definition) is 4. The highest BCUT2D eigenvalue weighted by Gasteiger charge is 2.52. The predicted octanol–water partition coefficient (Wildman–Crippen LogP) is 0.294. The zero-order valence-corrected chi connectivity index (χ0v) is 10.6. The third kappa shape index (κ3) is 1.95. The fraction of sp³-hybridized carbons (Fsp3) is 0.846. The molecule has 1 unspecified atom stereocenters. The van der Waals surface area contributed by atoms with E-state index < -0.39 is 0 Å². The van der Waals surface area contributed by atoms with E-state index in [1.165, 1.54) is 4.90 Å². The molecule has 0 bridgehead atoms. The Morgan fingerprint density at radius 3 is 2.78 bits per heavy atom. The van der Waals surface area contributed by atoms with Crippen molar-refractivity contribution in [3.8, 4) is 0 Å². The van der Waals surface area contributed by atoms with Gasteiger partial charge in [0.15, 0.2) is 0 Å². The predicted molar refractivity (Wildman–Crippen MR) is 64.8 cm³/mol. The molecular weight excluding hydrogens is 232 g/mol. The van der Waals surface area contributed by atoms with Crippen molar-refractivity contribution in [3.63, 3.8) is 0 Å². The molecule has 3 rings (SSSR count). The second-order valence-corrected chi connectivity index (χ2v) is 5.70. The molecule has 2 aliphatic heterocycles. The van der Waals surface area contributed by atoms with Gasteiger partial charge in [-0.3, -0.25) is 14.5 Å². The number of morpholine rings is 1. The molecule has 1 aliphatic carbocycles. The lowest BCUT2D eigenvalue weighted by Gasteiger charge is -2.28. The number of carbonyl (C=O) groups excluding carboxylic acids is 2. The summed E-state index contributed by atoms with van der Waals surface area (Å²) in [7, 11) is 0. The van der Waals surface area contributed by atoms with Crippen molar-refractivity contribution in [1.29, 1.82) is 0 Å². The molecule has 3 aliphatic rings. The van der Waals surface area contributed by atoms with Crippen LogP contribution in [0, 0.1) is 5.41 Å². The molecular formula is C13H20N2O3. The lowest BCUT2D eigenvalue weighted by molar-refractivity contribution is -0.142. The van der Waals surface area contributed by atoms with E-state index in [-0.39, 0.29) is 23.3 Å². The molecule has 0 radical (unpaired) electrons. The fourth-order valence-corrected chi connectivity index (χ4v) is 3.44. The first kappa shape index (κ1) is 12.1. The number of nitrogens with one attached hydrogen (secondary N) is 1. The van der Waals surface area contributed by atoms with E-state index in [0.717, 1.165) is 32.2 Å². The van der Waals surface area contributed by atoms with E-state index in [9.17, 15) is 9.59 Å². The lowest BCUT2D eigenvalue weighted by Crippen LogP contribution is -2.50. The van der Waals surface area contributed by atoms with Gasteiger partial charge in [-0.15, -0.1) is 0 Å². The van der Waals surface area contributed by atoms with Gasteiger partial charge in [-0.25, -0.2) is 0 Å². The van der Waals surface area contributed by atoms with Crippen LogP contribution in [0.5, 0.6) is 0 Å². The number of amides is 2. The van der Waals surface area contributed by atoms with Gasteiger partial charge >= 0.3 is 0 Å². The summed E-state index contributed by atoms with van der Waals surface area (Å²) in [5, 5.41) is 3.29. The van der Waals surface area contributed by atoms with Crippen molar-refractivity contribution in [2.75, 3.05) is 26.3 Å². The Kier molecular flexibility index (Phi) is 3.11. The molecule has 2 saturated heterocycles. The van der Waals surface area contributed by atoms with Crippen LogP contribution in [0.15, 0.2) is 0 Å². The van der Waals surface area contributed by atoms with E-state index in [1.807, 2.05) is 0 Å². The van der Waals surface area contributed by atoms with Crippen molar-refractivity contribution >= 4 is 11.8 Å². The van der Waals surface area contributed by atoms with E-state index in [0.29, 0.717) is 26.2 Å². The minimum Gasteiger partial charge on any atom is -0.378 e.